The summed E-state index contributed by atoms with van der Waals surface area (Å²) in [6.45, 7) is 4.31. The molecule has 3 nitrogen and oxygen atoms in total. The largest absolute Gasteiger partial charge is 0.248 e. The molecule has 0 radical (unpaired) electrons. The summed E-state index contributed by atoms with van der Waals surface area (Å²) >= 11 is 2.06. The fraction of sp³-hybridized carbons (Fsp3) is 0.200. The maximum atomic E-state index is 4.02. The molecule has 0 saturated carbocycles. The average Bonchev–Trinajstić information content (AvgIpc) is 2.17. The van der Waals surface area contributed by atoms with Crippen molar-refractivity contribution in [1.29, 1.82) is 0 Å². The van der Waals surface area contributed by atoms with Crippen molar-refractivity contribution in [2.75, 3.05) is 0 Å². The van der Waals surface area contributed by atoms with Crippen molar-refractivity contribution < 1.29 is 0 Å². The van der Waals surface area contributed by atoms with Crippen LogP contribution in [0.1, 0.15) is 0 Å². The number of allylic oxidation sites excluding steroid dienone is 1. The molecule has 0 saturated heterocycles. The van der Waals surface area contributed by atoms with Crippen LogP contribution in [-0.2, 0) is 6.54 Å². The normalized spacial score (nSPS) is 9.44. The number of hydrogen-bond donors (Lipinski definition) is 0. The molecule has 0 fully saturated rings. The van der Waals surface area contributed by atoms with E-state index in [9.17, 15) is 0 Å². The Hall–Kier alpha value is -0.390. The van der Waals surface area contributed by atoms with Crippen LogP contribution in [0.5, 0.6) is 0 Å². The maximum Gasteiger partial charge on any atom is 0.211 e. The molecule has 0 unspecified atom stereocenters. The molecule has 4 heteroatoms. The number of aromatic nitrogens is 3. The van der Waals surface area contributed by atoms with Crippen LogP contribution in [0.3, 0.4) is 0 Å². The summed E-state index contributed by atoms with van der Waals surface area (Å²) < 4.78 is 2.50. The molecule has 0 aliphatic heterocycles. The quantitative estimate of drug-likeness (QED) is 0.567. The molecule has 0 aliphatic carbocycles. The van der Waals surface area contributed by atoms with E-state index in [1.807, 2.05) is 0 Å². The lowest BCUT2D eigenvalue weighted by atomic mass is 10.6. The first kappa shape index (κ1) is 6.73. The number of rotatable bonds is 2. The predicted octanol–water partition coefficient (Wildman–Crippen LogP) is 1.07. The molecule has 1 aromatic heterocycles. The van der Waals surface area contributed by atoms with Crippen molar-refractivity contribution in [2.45, 2.75) is 6.54 Å². The van der Waals surface area contributed by atoms with E-state index < -0.39 is 0 Å². The Morgan fingerprint density at radius 1 is 1.89 bits per heavy atom. The van der Waals surface area contributed by atoms with Crippen LogP contribution in [0.2, 0.25) is 0 Å². The van der Waals surface area contributed by atoms with Gasteiger partial charge in [0.2, 0.25) is 3.83 Å². The molecule has 0 spiro atoms. The molecule has 1 aromatic rings. The smallest absolute Gasteiger partial charge is 0.211 e. The van der Waals surface area contributed by atoms with E-state index in [1.165, 1.54) is 0 Å². The zero-order valence-electron chi connectivity index (χ0n) is 4.79. The van der Waals surface area contributed by atoms with Crippen LogP contribution in [0, 0.1) is 3.83 Å². The van der Waals surface area contributed by atoms with E-state index >= 15 is 0 Å². The summed E-state index contributed by atoms with van der Waals surface area (Å²) in [5.74, 6) is 0. The molecule has 0 N–H and O–H groups in total. The van der Waals surface area contributed by atoms with E-state index in [-0.39, 0.29) is 0 Å². The molecular weight excluding hydrogens is 229 g/mol. The van der Waals surface area contributed by atoms with Gasteiger partial charge in [0.15, 0.2) is 0 Å². The third kappa shape index (κ3) is 1.78. The van der Waals surface area contributed by atoms with Gasteiger partial charge in [0.05, 0.1) is 6.54 Å². The van der Waals surface area contributed by atoms with Crippen LogP contribution < -0.4 is 0 Å². The second-order valence-electron chi connectivity index (χ2n) is 1.52. The van der Waals surface area contributed by atoms with Gasteiger partial charge in [0.25, 0.3) is 0 Å². The molecule has 0 bridgehead atoms. The highest BCUT2D eigenvalue weighted by molar-refractivity contribution is 14.1. The van der Waals surface area contributed by atoms with Gasteiger partial charge >= 0.3 is 0 Å². The highest BCUT2D eigenvalue weighted by atomic mass is 127. The van der Waals surface area contributed by atoms with E-state index in [1.54, 1.807) is 17.1 Å². The Kier molecular flexibility index (Phi) is 2.21. The predicted molar refractivity (Wildman–Crippen MR) is 42.9 cm³/mol. The zero-order chi connectivity index (χ0) is 6.69. The highest BCUT2D eigenvalue weighted by Crippen LogP contribution is 1.92. The fourth-order valence-corrected chi connectivity index (χ4v) is 0.894. The second-order valence-corrected chi connectivity index (χ2v) is 2.49. The van der Waals surface area contributed by atoms with Crippen molar-refractivity contribution in [1.82, 2.24) is 14.8 Å². The number of hydrogen-bond acceptors (Lipinski definition) is 2. The average molecular weight is 235 g/mol. The van der Waals surface area contributed by atoms with Gasteiger partial charge in [-0.05, 0) is 0 Å². The van der Waals surface area contributed by atoms with Crippen LogP contribution in [0.15, 0.2) is 19.0 Å². The Morgan fingerprint density at radius 3 is 3.11 bits per heavy atom. The summed E-state index contributed by atoms with van der Waals surface area (Å²) in [4.78, 5) is 3.93. The third-order valence-corrected chi connectivity index (χ3v) is 1.32. The monoisotopic (exact) mass is 235 g/mol. The Bertz CT molecular complexity index is 206. The first-order chi connectivity index (χ1) is 4.33. The standard InChI is InChI=1S/C5H6IN3/c1-2-3-9-4-7-5(6)8-9/h2,4H,1,3H2. The van der Waals surface area contributed by atoms with Crippen molar-refractivity contribution in [3.63, 3.8) is 0 Å². The first-order valence-electron chi connectivity index (χ1n) is 2.49. The topological polar surface area (TPSA) is 30.7 Å². The molecule has 0 aliphatic rings. The van der Waals surface area contributed by atoms with Crippen molar-refractivity contribution in [3.05, 3.63) is 22.8 Å². The maximum absolute atomic E-state index is 4.02. The molecule has 1 heterocycles. The molecule has 0 atom stereocenters. The van der Waals surface area contributed by atoms with Gasteiger partial charge in [-0.1, -0.05) is 6.08 Å². The van der Waals surface area contributed by atoms with Crippen LogP contribution in [0.25, 0.3) is 0 Å². The van der Waals surface area contributed by atoms with Gasteiger partial charge in [-0.25, -0.2) is 9.67 Å². The molecule has 48 valence electrons. The Balaban J connectivity index is 2.72. The summed E-state index contributed by atoms with van der Waals surface area (Å²) in [6, 6.07) is 0. The lowest BCUT2D eigenvalue weighted by Gasteiger charge is -1.88. The van der Waals surface area contributed by atoms with Gasteiger partial charge in [-0.3, -0.25) is 0 Å². The van der Waals surface area contributed by atoms with E-state index in [0.717, 1.165) is 10.4 Å². The summed E-state index contributed by atoms with van der Waals surface area (Å²) in [7, 11) is 0. The summed E-state index contributed by atoms with van der Waals surface area (Å²) in [5.41, 5.74) is 0. The van der Waals surface area contributed by atoms with Gasteiger partial charge in [-0.15, -0.1) is 11.7 Å². The minimum atomic E-state index is 0.732. The van der Waals surface area contributed by atoms with Gasteiger partial charge in [0, 0.05) is 22.6 Å². The van der Waals surface area contributed by atoms with Gasteiger partial charge in [0.1, 0.15) is 6.33 Å². The van der Waals surface area contributed by atoms with Crippen molar-refractivity contribution in [2.24, 2.45) is 0 Å². The molecule has 9 heavy (non-hydrogen) atoms. The summed E-state index contributed by atoms with van der Waals surface area (Å²) in [5, 5.41) is 4.02. The van der Waals surface area contributed by atoms with Crippen molar-refractivity contribution in [3.8, 4) is 0 Å². The lowest BCUT2D eigenvalue weighted by molar-refractivity contribution is 0.695. The number of halogens is 1. The van der Waals surface area contributed by atoms with Crippen LogP contribution in [-0.4, -0.2) is 14.8 Å². The van der Waals surface area contributed by atoms with Crippen molar-refractivity contribution >= 4 is 22.6 Å². The molecular formula is C5H6IN3. The minimum absolute atomic E-state index is 0.732. The lowest BCUT2D eigenvalue weighted by Crippen LogP contribution is -1.94. The molecule has 0 amide bonds. The highest BCUT2D eigenvalue weighted by Gasteiger charge is 1.90. The van der Waals surface area contributed by atoms with E-state index in [4.69, 9.17) is 0 Å². The van der Waals surface area contributed by atoms with Gasteiger partial charge < -0.3 is 0 Å². The number of nitrogens with zero attached hydrogens (tertiary/aromatic N) is 3. The molecule has 0 aromatic carbocycles. The van der Waals surface area contributed by atoms with Crippen LogP contribution >= 0.6 is 22.6 Å². The Morgan fingerprint density at radius 2 is 2.67 bits per heavy atom. The van der Waals surface area contributed by atoms with E-state index in [0.29, 0.717) is 0 Å². The van der Waals surface area contributed by atoms with Gasteiger partial charge in [-0.2, -0.15) is 0 Å². The summed E-state index contributed by atoms with van der Waals surface area (Å²) in [6.07, 6.45) is 3.47. The van der Waals surface area contributed by atoms with E-state index in [2.05, 4.69) is 39.3 Å². The fourth-order valence-electron chi connectivity index (χ4n) is 0.492. The second kappa shape index (κ2) is 2.95. The molecule has 1 rings (SSSR count). The first-order valence-corrected chi connectivity index (χ1v) is 3.56. The third-order valence-electron chi connectivity index (χ3n) is 0.825. The SMILES string of the molecule is C=CCn1cnc(I)n1. The Labute approximate surface area is 66.9 Å². The minimum Gasteiger partial charge on any atom is -0.248 e. The zero-order valence-corrected chi connectivity index (χ0v) is 6.95. The van der Waals surface area contributed by atoms with Crippen LogP contribution in [0.4, 0.5) is 0 Å².